The Morgan fingerprint density at radius 1 is 1.04 bits per heavy atom. The first-order valence-electron chi connectivity index (χ1n) is 6.77. The van der Waals surface area contributed by atoms with E-state index < -0.39 is 17.7 Å². The molecular formula is C17H12F3NO2. The van der Waals surface area contributed by atoms with Gasteiger partial charge in [-0.25, -0.2) is 4.79 Å². The summed E-state index contributed by atoms with van der Waals surface area (Å²) < 4.78 is 39.5. The molecule has 0 saturated heterocycles. The van der Waals surface area contributed by atoms with Crippen LogP contribution >= 0.6 is 0 Å². The van der Waals surface area contributed by atoms with Gasteiger partial charge >= 0.3 is 12.1 Å². The number of carboxylic acid groups (broad SMARTS) is 1. The maximum atomic E-state index is 12.6. The Bertz CT molecular complexity index is 893. The molecule has 118 valence electrons. The number of aryl methyl sites for hydroxylation is 1. The molecule has 0 aliphatic carbocycles. The molecule has 0 spiro atoms. The van der Waals surface area contributed by atoms with Crippen molar-refractivity contribution in [3.63, 3.8) is 0 Å². The maximum absolute atomic E-state index is 12.6. The molecule has 6 heteroatoms. The lowest BCUT2D eigenvalue weighted by atomic mass is 10.0. The molecule has 23 heavy (non-hydrogen) atoms. The second kappa shape index (κ2) is 5.15. The Hall–Kier alpha value is -2.76. The molecule has 0 radical (unpaired) electrons. The minimum absolute atomic E-state index is 0.163. The third kappa shape index (κ3) is 2.67. The van der Waals surface area contributed by atoms with Crippen LogP contribution in [-0.4, -0.2) is 15.6 Å². The summed E-state index contributed by atoms with van der Waals surface area (Å²) >= 11 is 0. The van der Waals surface area contributed by atoms with E-state index in [2.05, 4.69) is 0 Å². The van der Waals surface area contributed by atoms with Crippen molar-refractivity contribution in [2.24, 2.45) is 7.05 Å². The molecule has 0 aliphatic rings. The van der Waals surface area contributed by atoms with E-state index >= 15 is 0 Å². The smallest absolute Gasteiger partial charge is 0.416 e. The zero-order valence-corrected chi connectivity index (χ0v) is 12.1. The fraction of sp³-hybridized carbons (Fsp3) is 0.118. The van der Waals surface area contributed by atoms with Crippen LogP contribution in [0.3, 0.4) is 0 Å². The predicted molar refractivity (Wildman–Crippen MR) is 80.3 cm³/mol. The number of rotatable bonds is 2. The molecule has 1 aromatic heterocycles. The molecule has 0 atom stereocenters. The number of halogens is 3. The lowest BCUT2D eigenvalue weighted by Crippen LogP contribution is -2.03. The van der Waals surface area contributed by atoms with E-state index in [1.807, 2.05) is 0 Å². The lowest BCUT2D eigenvalue weighted by molar-refractivity contribution is -0.137. The van der Waals surface area contributed by atoms with Gasteiger partial charge in [0.1, 0.15) is 0 Å². The summed E-state index contributed by atoms with van der Waals surface area (Å²) in [4.78, 5) is 11.3. The van der Waals surface area contributed by atoms with Crippen molar-refractivity contribution in [3.05, 3.63) is 59.8 Å². The highest BCUT2D eigenvalue weighted by molar-refractivity contribution is 6.04. The lowest BCUT2D eigenvalue weighted by Gasteiger charge is -2.08. The average molecular weight is 319 g/mol. The summed E-state index contributed by atoms with van der Waals surface area (Å²) in [6.45, 7) is 0. The van der Waals surface area contributed by atoms with Gasteiger partial charge in [0.05, 0.1) is 11.1 Å². The molecule has 3 rings (SSSR count). The van der Waals surface area contributed by atoms with Crippen LogP contribution in [-0.2, 0) is 13.2 Å². The first-order chi connectivity index (χ1) is 10.8. The molecule has 1 N–H and O–H groups in total. The maximum Gasteiger partial charge on any atom is 0.416 e. The van der Waals surface area contributed by atoms with Crippen molar-refractivity contribution >= 4 is 16.9 Å². The Morgan fingerprint density at radius 3 is 2.22 bits per heavy atom. The number of benzene rings is 2. The number of carboxylic acids is 1. The van der Waals surface area contributed by atoms with Gasteiger partial charge in [-0.1, -0.05) is 18.2 Å². The van der Waals surface area contributed by atoms with Gasteiger partial charge in [0.2, 0.25) is 0 Å². The molecule has 1 heterocycles. The van der Waals surface area contributed by atoms with Crippen molar-refractivity contribution < 1.29 is 23.1 Å². The van der Waals surface area contributed by atoms with Crippen LogP contribution in [0.25, 0.3) is 22.0 Å². The van der Waals surface area contributed by atoms with Crippen LogP contribution in [0.15, 0.2) is 48.7 Å². The Labute approximate surface area is 129 Å². The molecule has 0 aliphatic heterocycles. The molecular weight excluding hydrogens is 307 g/mol. The summed E-state index contributed by atoms with van der Waals surface area (Å²) in [7, 11) is 1.74. The monoisotopic (exact) mass is 319 g/mol. The van der Waals surface area contributed by atoms with Crippen molar-refractivity contribution in [2.75, 3.05) is 0 Å². The standard InChI is InChI=1S/C17H12F3NO2/c1-21-9-14(16(22)23)13-8-11(4-7-15(13)21)10-2-5-12(6-3-10)17(18,19)20/h2-9H,1H3,(H,22,23). The number of carbonyl (C=O) groups is 1. The first kappa shape index (κ1) is 15.1. The van der Waals surface area contributed by atoms with Crippen molar-refractivity contribution in [1.29, 1.82) is 0 Å². The molecule has 3 aromatic rings. The fourth-order valence-corrected chi connectivity index (χ4v) is 2.59. The molecule has 0 saturated carbocycles. The van der Waals surface area contributed by atoms with Crippen LogP contribution in [0.4, 0.5) is 13.2 Å². The normalized spacial score (nSPS) is 11.8. The highest BCUT2D eigenvalue weighted by Gasteiger charge is 2.30. The highest BCUT2D eigenvalue weighted by atomic mass is 19.4. The van der Waals surface area contributed by atoms with Crippen LogP contribution < -0.4 is 0 Å². The zero-order valence-electron chi connectivity index (χ0n) is 12.1. The molecule has 0 fully saturated rings. The van der Waals surface area contributed by atoms with Gasteiger partial charge in [-0.15, -0.1) is 0 Å². The topological polar surface area (TPSA) is 42.2 Å². The van der Waals surface area contributed by atoms with Gasteiger partial charge in [-0.05, 0) is 35.4 Å². The van der Waals surface area contributed by atoms with E-state index in [0.29, 0.717) is 16.5 Å². The minimum Gasteiger partial charge on any atom is -0.478 e. The average Bonchev–Trinajstić information content (AvgIpc) is 2.83. The molecule has 0 unspecified atom stereocenters. The van der Waals surface area contributed by atoms with Crippen LogP contribution in [0, 0.1) is 0 Å². The van der Waals surface area contributed by atoms with E-state index in [1.54, 1.807) is 29.8 Å². The van der Waals surface area contributed by atoms with Crippen molar-refractivity contribution in [1.82, 2.24) is 4.57 Å². The molecule has 0 amide bonds. The van der Waals surface area contributed by atoms with E-state index in [1.165, 1.54) is 18.3 Å². The number of alkyl halides is 3. The third-order valence-electron chi connectivity index (χ3n) is 3.77. The second-order valence-corrected chi connectivity index (χ2v) is 5.27. The second-order valence-electron chi connectivity index (χ2n) is 5.27. The minimum atomic E-state index is -4.38. The number of nitrogens with zero attached hydrogens (tertiary/aromatic N) is 1. The first-order valence-corrected chi connectivity index (χ1v) is 6.77. The summed E-state index contributed by atoms with van der Waals surface area (Å²) in [5, 5.41) is 9.80. The number of hydrogen-bond acceptors (Lipinski definition) is 1. The van der Waals surface area contributed by atoms with Gasteiger partial charge in [-0.2, -0.15) is 13.2 Å². The number of aromatic carboxylic acids is 1. The Balaban J connectivity index is 2.10. The predicted octanol–water partition coefficient (Wildman–Crippen LogP) is 4.56. The van der Waals surface area contributed by atoms with Gasteiger partial charge in [0.15, 0.2) is 0 Å². The summed E-state index contributed by atoms with van der Waals surface area (Å²) in [5.41, 5.74) is 1.46. The van der Waals surface area contributed by atoms with Crippen LogP contribution in [0.1, 0.15) is 15.9 Å². The number of aromatic nitrogens is 1. The number of fused-ring (bicyclic) bond motifs is 1. The van der Waals surface area contributed by atoms with E-state index in [0.717, 1.165) is 17.6 Å². The van der Waals surface area contributed by atoms with Crippen molar-refractivity contribution in [2.45, 2.75) is 6.18 Å². The largest absolute Gasteiger partial charge is 0.478 e. The quantitative estimate of drug-likeness (QED) is 0.752. The van der Waals surface area contributed by atoms with Crippen LogP contribution in [0.2, 0.25) is 0 Å². The summed E-state index contributed by atoms with van der Waals surface area (Å²) in [6, 6.07) is 10.00. The fourth-order valence-electron chi connectivity index (χ4n) is 2.59. The third-order valence-corrected chi connectivity index (χ3v) is 3.77. The van der Waals surface area contributed by atoms with Crippen molar-refractivity contribution in [3.8, 4) is 11.1 Å². The molecule has 3 nitrogen and oxygen atoms in total. The number of hydrogen-bond donors (Lipinski definition) is 1. The molecule has 0 bridgehead atoms. The van der Waals surface area contributed by atoms with E-state index in [9.17, 15) is 23.1 Å². The molecule has 2 aromatic carbocycles. The zero-order chi connectivity index (χ0) is 16.8. The van der Waals surface area contributed by atoms with Gasteiger partial charge in [0, 0.05) is 24.1 Å². The van der Waals surface area contributed by atoms with Crippen LogP contribution in [0.5, 0.6) is 0 Å². The Kier molecular flexibility index (Phi) is 3.39. The van der Waals surface area contributed by atoms with Gasteiger partial charge < -0.3 is 9.67 Å². The van der Waals surface area contributed by atoms with Gasteiger partial charge in [0.25, 0.3) is 0 Å². The SMILES string of the molecule is Cn1cc(C(=O)O)c2cc(-c3ccc(C(F)(F)F)cc3)ccc21. The Morgan fingerprint density at radius 2 is 1.65 bits per heavy atom. The van der Waals surface area contributed by atoms with E-state index in [4.69, 9.17) is 0 Å². The van der Waals surface area contributed by atoms with Gasteiger partial charge in [-0.3, -0.25) is 0 Å². The highest BCUT2D eigenvalue weighted by Crippen LogP contribution is 2.32. The summed E-state index contributed by atoms with van der Waals surface area (Å²) in [6.07, 6.45) is -2.86. The van der Waals surface area contributed by atoms with E-state index in [-0.39, 0.29) is 5.56 Å². The summed E-state index contributed by atoms with van der Waals surface area (Å²) in [5.74, 6) is -1.04.